The lowest BCUT2D eigenvalue weighted by molar-refractivity contribution is 0.244. The van der Waals surface area contributed by atoms with E-state index in [9.17, 15) is 0 Å². The van der Waals surface area contributed by atoms with E-state index >= 15 is 0 Å². The molecule has 0 aromatic carbocycles. The van der Waals surface area contributed by atoms with Gasteiger partial charge in [0, 0.05) is 18.0 Å². The maximum absolute atomic E-state index is 8.99. The predicted molar refractivity (Wildman–Crippen MR) is 71.3 cm³/mol. The Morgan fingerprint density at radius 2 is 2.29 bits per heavy atom. The van der Waals surface area contributed by atoms with Gasteiger partial charge in [0.05, 0.1) is 5.39 Å². The summed E-state index contributed by atoms with van der Waals surface area (Å²) in [5.41, 5.74) is 5.67. The number of rotatable bonds is 4. The summed E-state index contributed by atoms with van der Waals surface area (Å²) < 4.78 is 0. The Morgan fingerprint density at radius 1 is 1.53 bits per heavy atom. The van der Waals surface area contributed by atoms with Crippen LogP contribution in [0.25, 0.3) is 10.2 Å². The van der Waals surface area contributed by atoms with Crippen LogP contribution in [-0.2, 0) is 0 Å². The van der Waals surface area contributed by atoms with Crippen LogP contribution in [0.4, 0.5) is 11.8 Å². The molecular weight excluding hydrogens is 236 g/mol. The van der Waals surface area contributed by atoms with Gasteiger partial charge in [-0.05, 0) is 18.9 Å². The average Bonchev–Trinajstić information content (AvgIpc) is 2.65. The molecule has 2 aromatic rings. The van der Waals surface area contributed by atoms with Crippen LogP contribution in [0.3, 0.4) is 0 Å². The summed E-state index contributed by atoms with van der Waals surface area (Å²) in [6.45, 7) is 4.81. The van der Waals surface area contributed by atoms with Crippen molar-refractivity contribution in [1.82, 2.24) is 9.97 Å². The number of nitrogens with zero attached hydrogens (tertiary/aromatic N) is 2. The van der Waals surface area contributed by atoms with Gasteiger partial charge in [0.15, 0.2) is 0 Å². The smallest absolute Gasteiger partial charge is 0.223 e. The number of aryl methyl sites for hydroxylation is 1. The van der Waals surface area contributed by atoms with Gasteiger partial charge in [-0.1, -0.05) is 6.92 Å². The number of nitrogen functional groups attached to an aromatic ring is 1. The Bertz CT molecular complexity index is 525. The minimum atomic E-state index is 0.152. The van der Waals surface area contributed by atoms with E-state index in [4.69, 9.17) is 10.8 Å². The van der Waals surface area contributed by atoms with Crippen LogP contribution in [0.1, 0.15) is 11.8 Å². The Balaban J connectivity index is 2.31. The Labute approximate surface area is 104 Å². The van der Waals surface area contributed by atoms with E-state index in [0.717, 1.165) is 16.0 Å². The lowest BCUT2D eigenvalue weighted by Gasteiger charge is -2.11. The number of nitrogens with two attached hydrogens (primary N) is 1. The quantitative estimate of drug-likeness (QED) is 0.770. The molecule has 0 bridgehead atoms. The number of anilines is 2. The zero-order chi connectivity index (χ0) is 12.4. The normalized spacial score (nSPS) is 12.9. The van der Waals surface area contributed by atoms with E-state index in [-0.39, 0.29) is 18.5 Å². The monoisotopic (exact) mass is 252 g/mol. The van der Waals surface area contributed by atoms with Gasteiger partial charge in [0.25, 0.3) is 0 Å². The molecule has 92 valence electrons. The molecule has 1 unspecified atom stereocenters. The number of fused-ring (bicyclic) bond motifs is 1. The molecule has 0 aliphatic carbocycles. The third-order valence-electron chi connectivity index (χ3n) is 2.46. The summed E-state index contributed by atoms with van der Waals surface area (Å²) in [5, 5.41) is 13.2. The van der Waals surface area contributed by atoms with Gasteiger partial charge < -0.3 is 16.2 Å². The van der Waals surface area contributed by atoms with E-state index in [0.29, 0.717) is 6.54 Å². The summed E-state index contributed by atoms with van der Waals surface area (Å²) >= 11 is 1.60. The van der Waals surface area contributed by atoms with E-state index in [1.165, 1.54) is 4.88 Å². The van der Waals surface area contributed by atoms with Crippen molar-refractivity contribution in [3.8, 4) is 0 Å². The third-order valence-corrected chi connectivity index (χ3v) is 3.41. The number of aliphatic hydroxyl groups excluding tert-OH is 1. The molecule has 2 heterocycles. The zero-order valence-corrected chi connectivity index (χ0v) is 10.7. The van der Waals surface area contributed by atoms with E-state index < -0.39 is 0 Å². The van der Waals surface area contributed by atoms with E-state index in [1.807, 2.05) is 19.9 Å². The van der Waals surface area contributed by atoms with Gasteiger partial charge in [-0.15, -0.1) is 11.3 Å². The van der Waals surface area contributed by atoms with Crippen LogP contribution in [-0.4, -0.2) is 28.2 Å². The third kappa shape index (κ3) is 2.65. The molecule has 5 nitrogen and oxygen atoms in total. The molecule has 17 heavy (non-hydrogen) atoms. The van der Waals surface area contributed by atoms with Crippen molar-refractivity contribution < 1.29 is 5.11 Å². The number of thiophene rings is 1. The lowest BCUT2D eigenvalue weighted by atomic mass is 10.2. The summed E-state index contributed by atoms with van der Waals surface area (Å²) in [7, 11) is 0. The summed E-state index contributed by atoms with van der Waals surface area (Å²) in [4.78, 5) is 10.5. The van der Waals surface area contributed by atoms with Gasteiger partial charge in [0.1, 0.15) is 10.6 Å². The highest BCUT2D eigenvalue weighted by Crippen LogP contribution is 2.28. The molecule has 0 fully saturated rings. The second-order valence-electron chi connectivity index (χ2n) is 4.17. The maximum atomic E-state index is 8.99. The number of hydrogen-bond donors (Lipinski definition) is 3. The van der Waals surface area contributed by atoms with Crippen LogP contribution in [0.2, 0.25) is 0 Å². The van der Waals surface area contributed by atoms with Crippen molar-refractivity contribution >= 4 is 33.3 Å². The minimum Gasteiger partial charge on any atom is -0.396 e. The van der Waals surface area contributed by atoms with Crippen molar-refractivity contribution in [3.05, 3.63) is 10.9 Å². The number of aliphatic hydroxyl groups is 1. The van der Waals surface area contributed by atoms with Gasteiger partial charge in [-0.3, -0.25) is 0 Å². The minimum absolute atomic E-state index is 0.152. The second kappa shape index (κ2) is 4.85. The highest BCUT2D eigenvalue weighted by molar-refractivity contribution is 7.18. The number of aromatic nitrogens is 2. The van der Waals surface area contributed by atoms with Gasteiger partial charge in [0.2, 0.25) is 5.95 Å². The first-order valence-corrected chi connectivity index (χ1v) is 6.30. The van der Waals surface area contributed by atoms with Crippen molar-refractivity contribution in [2.24, 2.45) is 5.92 Å². The van der Waals surface area contributed by atoms with Gasteiger partial charge >= 0.3 is 0 Å². The highest BCUT2D eigenvalue weighted by atomic mass is 32.1. The average molecular weight is 252 g/mol. The molecule has 2 aromatic heterocycles. The molecule has 1 atom stereocenters. The molecule has 2 rings (SSSR count). The first-order valence-electron chi connectivity index (χ1n) is 5.48. The Hall–Kier alpha value is -1.40. The van der Waals surface area contributed by atoms with Crippen LogP contribution in [0, 0.1) is 12.8 Å². The zero-order valence-electron chi connectivity index (χ0n) is 9.90. The molecule has 0 saturated heterocycles. The molecule has 0 amide bonds. The Kier molecular flexibility index (Phi) is 3.44. The van der Waals surface area contributed by atoms with Gasteiger partial charge in [-0.25, -0.2) is 4.98 Å². The lowest BCUT2D eigenvalue weighted by Crippen LogP contribution is -2.15. The van der Waals surface area contributed by atoms with Crippen molar-refractivity contribution in [2.75, 3.05) is 24.2 Å². The second-order valence-corrected chi connectivity index (χ2v) is 5.41. The predicted octanol–water partition coefficient (Wildman–Crippen LogP) is 1.62. The first kappa shape index (κ1) is 12.1. The van der Waals surface area contributed by atoms with Crippen molar-refractivity contribution in [3.63, 3.8) is 0 Å². The molecule has 0 aliphatic heterocycles. The fourth-order valence-electron chi connectivity index (χ4n) is 1.53. The summed E-state index contributed by atoms with van der Waals surface area (Å²) in [5.74, 6) is 1.21. The fourth-order valence-corrected chi connectivity index (χ4v) is 2.42. The summed E-state index contributed by atoms with van der Waals surface area (Å²) in [6, 6.07) is 2.05. The van der Waals surface area contributed by atoms with E-state index in [2.05, 4.69) is 15.3 Å². The summed E-state index contributed by atoms with van der Waals surface area (Å²) in [6.07, 6.45) is 0. The molecule has 0 aliphatic rings. The first-order chi connectivity index (χ1) is 8.10. The molecule has 0 spiro atoms. The topological polar surface area (TPSA) is 84.1 Å². The maximum Gasteiger partial charge on any atom is 0.223 e. The molecular formula is C11H16N4OS. The number of hydrogen-bond acceptors (Lipinski definition) is 6. The van der Waals surface area contributed by atoms with Crippen LogP contribution >= 0.6 is 11.3 Å². The largest absolute Gasteiger partial charge is 0.396 e. The standard InChI is InChI=1S/C11H16N4OS/c1-6(5-16)4-13-9-8-3-7(2)17-10(8)15-11(12)14-9/h3,6,16H,4-5H2,1-2H3,(H3,12,13,14,15). The fraction of sp³-hybridized carbons (Fsp3) is 0.455. The van der Waals surface area contributed by atoms with Crippen LogP contribution in [0.5, 0.6) is 0 Å². The van der Waals surface area contributed by atoms with E-state index in [1.54, 1.807) is 11.3 Å². The van der Waals surface area contributed by atoms with Crippen molar-refractivity contribution in [1.29, 1.82) is 0 Å². The number of nitrogens with one attached hydrogen (secondary N) is 1. The van der Waals surface area contributed by atoms with Crippen LogP contribution < -0.4 is 11.1 Å². The Morgan fingerprint density at radius 3 is 3.00 bits per heavy atom. The molecule has 4 N–H and O–H groups in total. The SMILES string of the molecule is Cc1cc2c(NCC(C)CO)nc(N)nc2s1. The van der Waals surface area contributed by atoms with Crippen LogP contribution in [0.15, 0.2) is 6.07 Å². The molecule has 6 heteroatoms. The molecule has 0 radical (unpaired) electrons. The van der Waals surface area contributed by atoms with Crippen molar-refractivity contribution in [2.45, 2.75) is 13.8 Å². The van der Waals surface area contributed by atoms with Gasteiger partial charge in [-0.2, -0.15) is 4.98 Å². The highest BCUT2D eigenvalue weighted by Gasteiger charge is 2.09. The molecule has 0 saturated carbocycles.